The minimum Gasteiger partial charge on any atom is -0.399 e. The molecule has 68 heavy (non-hydrogen) atoms. The topological polar surface area (TPSA) is 98.7 Å². The lowest BCUT2D eigenvalue weighted by Gasteiger charge is -2.27. The third-order valence-electron chi connectivity index (χ3n) is 13.5. The standard InChI is InChI=1S/C55H54O9P2Si2/c1-32(59-65-60-41-28-26-33-18-10-14-22-37(33)45(41)47-39-24-16-12-20-35(39)30-43(50(47)62-65)67(4,5)6)49-52(53-54(56-49)58-55(2,3)57-53)64-66-61-42-29-27-34-19-11-15-23-38(34)46(42)48-40-25-17-13-21-36(40)31-44(51(48)63-66)68(7,8)9/h10-32,49,52-54H,1-9H3/t32-,49-,52-,53-,54-,65?,66?/m1/s1. The van der Waals surface area contributed by atoms with Crippen LogP contribution < -0.4 is 19.4 Å². The van der Waals surface area contributed by atoms with Gasteiger partial charge in [0.2, 0.25) is 0 Å². The van der Waals surface area contributed by atoms with Crippen LogP contribution in [-0.2, 0) is 14.2 Å². The number of fused-ring (bicyclic) bond motifs is 15. The zero-order valence-corrected chi connectivity index (χ0v) is 43.4. The molecular weight excluding hydrogens is 923 g/mol. The Labute approximate surface area is 398 Å². The van der Waals surface area contributed by atoms with E-state index in [1.807, 2.05) is 32.9 Å². The summed E-state index contributed by atoms with van der Waals surface area (Å²) in [4.78, 5) is 0. The normalized spacial score (nSPS) is 20.7. The van der Waals surface area contributed by atoms with Crippen molar-refractivity contribution < 1.29 is 40.0 Å². The summed E-state index contributed by atoms with van der Waals surface area (Å²) in [5, 5.41) is 15.3. The summed E-state index contributed by atoms with van der Waals surface area (Å²) in [6.07, 6.45) is -3.44. The molecule has 2 aromatic heterocycles. The molecule has 0 N–H and O–H groups in total. The molecule has 0 amide bonds. The maximum atomic E-state index is 7.23. The Morgan fingerprint density at radius 1 is 0.515 bits per heavy atom. The molecule has 8 aromatic carbocycles. The van der Waals surface area contributed by atoms with Gasteiger partial charge in [-0.3, -0.25) is 9.05 Å². The van der Waals surface area contributed by atoms with Crippen LogP contribution in [0.15, 0.2) is 150 Å². The van der Waals surface area contributed by atoms with Crippen molar-refractivity contribution in [2.45, 2.75) is 96.5 Å². The predicted octanol–water partition coefficient (Wildman–Crippen LogP) is 14.8. The van der Waals surface area contributed by atoms with E-state index in [0.717, 1.165) is 75.8 Å². The highest BCUT2D eigenvalue weighted by atomic mass is 31.1. The Morgan fingerprint density at radius 2 is 0.956 bits per heavy atom. The van der Waals surface area contributed by atoms with E-state index in [0.29, 0.717) is 11.2 Å². The van der Waals surface area contributed by atoms with Crippen LogP contribution in [0.4, 0.5) is 0 Å². The molecular formula is C55H54O9P2Si2. The maximum Gasteiger partial charge on any atom is 0.387 e. The average Bonchev–Trinajstić information content (AvgIpc) is 3.63. The fraction of sp³-hybridized carbons (Fsp3) is 0.273. The smallest absolute Gasteiger partial charge is 0.387 e. The summed E-state index contributed by atoms with van der Waals surface area (Å²) < 4.78 is 62.5. The maximum absolute atomic E-state index is 7.23. The number of rotatable bonds is 7. The lowest BCUT2D eigenvalue weighted by molar-refractivity contribution is -0.218. The monoisotopic (exact) mass is 976 g/mol. The number of hydrogen-bond donors (Lipinski definition) is 0. The summed E-state index contributed by atoms with van der Waals surface area (Å²) in [5.74, 6) is -0.920. The first-order valence-electron chi connectivity index (χ1n) is 23.4. The number of ether oxygens (including phenoxy) is 3. The van der Waals surface area contributed by atoms with Gasteiger partial charge in [-0.2, -0.15) is 0 Å². The SMILES string of the molecule is C[C@@H](Op1oc2ccc3ccccc3c2c2c(o1)c([Si](C)(C)C)cc1ccccc12)[C@H]1O[C@@H]2OC(C)(C)O[C@@H]2[C@@H]1Op1oc2ccc3ccccc3c2c2c(o1)c([Si](C)(C)C)cc1ccccc12. The molecule has 13 heteroatoms. The molecule has 2 fully saturated rings. The lowest BCUT2D eigenvalue weighted by Crippen LogP contribution is -2.44. The van der Waals surface area contributed by atoms with Crippen molar-refractivity contribution in [1.82, 2.24) is 0 Å². The van der Waals surface area contributed by atoms with E-state index in [9.17, 15) is 0 Å². The summed E-state index contributed by atoms with van der Waals surface area (Å²) in [5.41, 5.74) is 2.99. The second kappa shape index (κ2) is 16.2. The highest BCUT2D eigenvalue weighted by Gasteiger charge is 2.58. The van der Waals surface area contributed by atoms with Crippen LogP contribution >= 0.6 is 16.5 Å². The van der Waals surface area contributed by atoms with Gasteiger partial charge in [0.1, 0.15) is 40.6 Å². The molecule has 0 spiro atoms. The minimum absolute atomic E-state index is 0.621. The third-order valence-corrected chi connectivity index (χ3v) is 19.8. The van der Waals surface area contributed by atoms with Crippen LogP contribution in [0.5, 0.6) is 0 Å². The van der Waals surface area contributed by atoms with E-state index in [1.54, 1.807) is 0 Å². The van der Waals surface area contributed by atoms with E-state index in [1.165, 1.54) is 10.4 Å². The second-order valence-corrected chi connectivity index (χ2v) is 32.9. The van der Waals surface area contributed by atoms with Crippen LogP contribution in [0.1, 0.15) is 20.8 Å². The molecule has 4 heterocycles. The second-order valence-electron chi connectivity index (χ2n) is 20.8. The molecule has 2 unspecified atom stereocenters. The van der Waals surface area contributed by atoms with Gasteiger partial charge in [0, 0.05) is 21.5 Å². The Bertz CT molecular complexity index is 3760. The van der Waals surface area contributed by atoms with Crippen molar-refractivity contribution in [3.8, 4) is 0 Å². The molecule has 12 rings (SSSR count). The summed E-state index contributed by atoms with van der Waals surface area (Å²) in [6.45, 7) is 19.9. The lowest BCUT2D eigenvalue weighted by atomic mass is 9.99. The summed E-state index contributed by atoms with van der Waals surface area (Å²) in [6, 6.07) is 46.9. The molecule has 9 nitrogen and oxygen atoms in total. The van der Waals surface area contributed by atoms with Gasteiger partial charge in [0.15, 0.2) is 12.1 Å². The van der Waals surface area contributed by atoms with Gasteiger partial charge in [-0.15, -0.1) is 0 Å². The Hall–Kier alpha value is -5.17. The van der Waals surface area contributed by atoms with Crippen LogP contribution in [0, 0.1) is 0 Å². The largest absolute Gasteiger partial charge is 0.399 e. The molecule has 0 saturated carbocycles. The van der Waals surface area contributed by atoms with E-state index >= 15 is 0 Å². The van der Waals surface area contributed by atoms with Gasteiger partial charge in [-0.25, -0.2) is 0 Å². The van der Waals surface area contributed by atoms with Crippen LogP contribution in [0.3, 0.4) is 0 Å². The quantitative estimate of drug-likeness (QED) is 0.145. The highest BCUT2D eigenvalue weighted by molar-refractivity contribution is 7.32. The van der Waals surface area contributed by atoms with E-state index in [2.05, 4.69) is 161 Å². The minimum atomic E-state index is -2.11. The molecule has 2 saturated heterocycles. The molecule has 7 atom stereocenters. The number of benzene rings is 8. The highest BCUT2D eigenvalue weighted by Crippen LogP contribution is 2.47. The van der Waals surface area contributed by atoms with Crippen molar-refractivity contribution in [2.75, 3.05) is 0 Å². The molecule has 346 valence electrons. The third kappa shape index (κ3) is 7.46. The fourth-order valence-corrected chi connectivity index (χ4v) is 15.8. The predicted molar refractivity (Wildman–Crippen MR) is 284 cm³/mol. The first-order chi connectivity index (χ1) is 32.6. The van der Waals surface area contributed by atoms with Gasteiger partial charge >= 0.3 is 16.5 Å². The molecule has 10 aromatic rings. The van der Waals surface area contributed by atoms with E-state index in [4.69, 9.17) is 40.0 Å². The van der Waals surface area contributed by atoms with E-state index in [-0.39, 0.29) is 0 Å². The van der Waals surface area contributed by atoms with Crippen molar-refractivity contribution in [3.63, 3.8) is 0 Å². The van der Waals surface area contributed by atoms with Crippen molar-refractivity contribution in [3.05, 3.63) is 133 Å². The van der Waals surface area contributed by atoms with Crippen LogP contribution in [0.2, 0.25) is 39.3 Å². The van der Waals surface area contributed by atoms with E-state index < -0.39 is 69.1 Å². The van der Waals surface area contributed by atoms with Gasteiger partial charge < -0.3 is 31.0 Å². The Balaban J connectivity index is 1.04. The molecule has 0 bridgehead atoms. The first-order valence-corrected chi connectivity index (χ1v) is 32.6. The Morgan fingerprint density at radius 3 is 1.46 bits per heavy atom. The van der Waals surface area contributed by atoms with Crippen molar-refractivity contribution in [1.29, 1.82) is 0 Å². The zero-order chi connectivity index (χ0) is 46.9. The fourth-order valence-electron chi connectivity index (χ4n) is 10.4. The van der Waals surface area contributed by atoms with Gasteiger partial charge in [-0.1, -0.05) is 161 Å². The van der Waals surface area contributed by atoms with Crippen molar-refractivity contribution in [2.24, 2.45) is 0 Å². The summed E-state index contributed by atoms with van der Waals surface area (Å²) >= 11 is 0. The van der Waals surface area contributed by atoms with Crippen LogP contribution in [0.25, 0.3) is 87.0 Å². The van der Waals surface area contributed by atoms with Gasteiger partial charge in [-0.05, 0) is 86.4 Å². The van der Waals surface area contributed by atoms with Gasteiger partial charge in [0.25, 0.3) is 0 Å². The van der Waals surface area contributed by atoms with Crippen molar-refractivity contribution >= 4 is 130 Å². The van der Waals surface area contributed by atoms with Crippen LogP contribution in [-0.4, -0.2) is 52.6 Å². The molecule has 0 radical (unpaired) electrons. The molecule has 0 aliphatic carbocycles. The van der Waals surface area contributed by atoms with Gasteiger partial charge in [0.05, 0.1) is 22.3 Å². The molecule has 2 aliphatic rings. The zero-order valence-electron chi connectivity index (χ0n) is 39.7. The molecule has 2 aliphatic heterocycles. The Kier molecular flexibility index (Phi) is 10.5. The average molecular weight is 977 g/mol. The summed E-state index contributed by atoms with van der Waals surface area (Å²) in [7, 11) is -8.24. The first kappa shape index (κ1) is 44.1. The number of hydrogen-bond acceptors (Lipinski definition) is 9.